The molecule has 5 aromatic rings. The lowest BCUT2D eigenvalue weighted by atomic mass is 10.1. The third-order valence-corrected chi connectivity index (χ3v) is 5.22. The summed E-state index contributed by atoms with van der Waals surface area (Å²) in [5, 5.41) is 6.45. The molecule has 2 heterocycles. The number of fused-ring (bicyclic) bond motifs is 2. The summed E-state index contributed by atoms with van der Waals surface area (Å²) in [6.07, 6.45) is 0.950. The van der Waals surface area contributed by atoms with Crippen LogP contribution in [0.2, 0.25) is 0 Å². The number of nitrogens with one attached hydrogen (secondary N) is 2. The average Bonchev–Trinajstić information content (AvgIpc) is 3.20. The molecule has 0 aliphatic heterocycles. The van der Waals surface area contributed by atoms with Crippen molar-refractivity contribution in [1.82, 2.24) is 9.97 Å². The third kappa shape index (κ3) is 3.46. The van der Waals surface area contributed by atoms with Crippen LogP contribution in [0.1, 0.15) is 18.1 Å². The molecular weight excluding hydrogens is 372 g/mol. The first kappa shape index (κ1) is 18.2. The van der Waals surface area contributed by atoms with Gasteiger partial charge in [-0.05, 0) is 43.2 Å². The number of para-hydroxylation sites is 2. The monoisotopic (exact) mass is 394 g/mol. The summed E-state index contributed by atoms with van der Waals surface area (Å²) in [6.45, 7) is 4.22. The van der Waals surface area contributed by atoms with E-state index in [-0.39, 0.29) is 0 Å². The molecule has 0 bridgehead atoms. The van der Waals surface area contributed by atoms with E-state index in [1.54, 1.807) is 0 Å². The number of rotatable bonds is 4. The SMILES string of the molecule is CCc1ccc2oc(-c3ccc(C)cc3)c/c(=N\Nc3nc4ccccc4[nH]3)c2c1. The van der Waals surface area contributed by atoms with Gasteiger partial charge in [-0.25, -0.2) is 10.4 Å². The molecule has 3 aromatic carbocycles. The molecule has 5 rings (SSSR count). The van der Waals surface area contributed by atoms with Crippen LogP contribution in [-0.2, 0) is 6.42 Å². The van der Waals surface area contributed by atoms with Crippen molar-refractivity contribution in [2.75, 3.05) is 5.43 Å². The van der Waals surface area contributed by atoms with Crippen molar-refractivity contribution in [3.63, 3.8) is 0 Å². The molecule has 0 radical (unpaired) electrons. The van der Waals surface area contributed by atoms with Gasteiger partial charge in [-0.2, -0.15) is 5.10 Å². The number of hydrogen-bond acceptors (Lipinski definition) is 4. The Morgan fingerprint density at radius 1 is 1.00 bits per heavy atom. The van der Waals surface area contributed by atoms with Crippen molar-refractivity contribution < 1.29 is 4.42 Å². The van der Waals surface area contributed by atoms with E-state index < -0.39 is 0 Å². The highest BCUT2D eigenvalue weighted by Gasteiger charge is 2.08. The highest BCUT2D eigenvalue weighted by atomic mass is 16.3. The number of aromatic amines is 1. The molecule has 0 saturated heterocycles. The van der Waals surface area contributed by atoms with Crippen LogP contribution in [0, 0.1) is 6.92 Å². The fourth-order valence-electron chi connectivity index (χ4n) is 3.51. The molecule has 0 fully saturated rings. The minimum absolute atomic E-state index is 0.605. The Hall–Kier alpha value is -3.86. The van der Waals surface area contributed by atoms with Gasteiger partial charge in [0.25, 0.3) is 0 Å². The Bertz CT molecular complexity index is 1380. The molecule has 0 aliphatic carbocycles. The van der Waals surface area contributed by atoms with Gasteiger partial charge in [0.2, 0.25) is 5.95 Å². The fourth-order valence-corrected chi connectivity index (χ4v) is 3.51. The maximum absolute atomic E-state index is 6.22. The number of benzene rings is 3. The number of anilines is 1. The Kier molecular flexibility index (Phi) is 4.56. The van der Waals surface area contributed by atoms with E-state index in [2.05, 4.69) is 70.7 Å². The van der Waals surface area contributed by atoms with Gasteiger partial charge in [0.1, 0.15) is 11.3 Å². The predicted molar refractivity (Wildman–Crippen MR) is 121 cm³/mol. The van der Waals surface area contributed by atoms with Crippen molar-refractivity contribution in [3.05, 3.63) is 89.3 Å². The topological polar surface area (TPSA) is 66.2 Å². The van der Waals surface area contributed by atoms with E-state index >= 15 is 0 Å². The van der Waals surface area contributed by atoms with Crippen molar-refractivity contribution in [1.29, 1.82) is 0 Å². The molecule has 148 valence electrons. The summed E-state index contributed by atoms with van der Waals surface area (Å²) in [4.78, 5) is 7.80. The fraction of sp³-hybridized carbons (Fsp3) is 0.120. The predicted octanol–water partition coefficient (Wildman–Crippen LogP) is 5.77. The first-order chi connectivity index (χ1) is 14.7. The van der Waals surface area contributed by atoms with E-state index in [9.17, 15) is 0 Å². The molecule has 2 aromatic heterocycles. The molecule has 0 amide bonds. The van der Waals surface area contributed by atoms with Crippen molar-refractivity contribution >= 4 is 28.0 Å². The molecule has 0 spiro atoms. The summed E-state index contributed by atoms with van der Waals surface area (Å²) in [7, 11) is 0. The lowest BCUT2D eigenvalue weighted by Gasteiger charge is -2.07. The van der Waals surface area contributed by atoms with Crippen LogP contribution in [0.25, 0.3) is 33.3 Å². The van der Waals surface area contributed by atoms with Gasteiger partial charge in [0.15, 0.2) is 0 Å². The molecule has 0 atom stereocenters. The maximum Gasteiger partial charge on any atom is 0.222 e. The molecule has 0 unspecified atom stereocenters. The molecule has 5 heteroatoms. The zero-order valence-corrected chi connectivity index (χ0v) is 16.9. The minimum atomic E-state index is 0.605. The molecule has 0 aliphatic rings. The zero-order valence-electron chi connectivity index (χ0n) is 16.9. The molecule has 0 saturated carbocycles. The van der Waals surface area contributed by atoms with Crippen molar-refractivity contribution in [3.8, 4) is 11.3 Å². The van der Waals surface area contributed by atoms with Gasteiger partial charge >= 0.3 is 0 Å². The second-order valence-corrected chi connectivity index (χ2v) is 7.37. The van der Waals surface area contributed by atoms with Gasteiger partial charge in [0.05, 0.1) is 16.4 Å². The normalized spacial score (nSPS) is 12.0. The number of H-pyrrole nitrogens is 1. The van der Waals surface area contributed by atoms with E-state index in [1.807, 2.05) is 36.4 Å². The van der Waals surface area contributed by atoms with Crippen LogP contribution in [0.15, 0.2) is 82.3 Å². The zero-order chi connectivity index (χ0) is 20.5. The highest BCUT2D eigenvalue weighted by Crippen LogP contribution is 2.23. The van der Waals surface area contributed by atoms with E-state index in [0.717, 1.165) is 45.1 Å². The second kappa shape index (κ2) is 7.52. The summed E-state index contributed by atoms with van der Waals surface area (Å²) in [5.41, 5.74) is 9.22. The largest absolute Gasteiger partial charge is 0.456 e. The van der Waals surface area contributed by atoms with Gasteiger partial charge in [-0.1, -0.05) is 55.0 Å². The first-order valence-electron chi connectivity index (χ1n) is 10.1. The quantitative estimate of drug-likeness (QED) is 0.380. The number of imidazole rings is 1. The summed E-state index contributed by atoms with van der Waals surface area (Å²) >= 11 is 0. The summed E-state index contributed by atoms with van der Waals surface area (Å²) in [6, 6.07) is 24.4. The standard InChI is InChI=1S/C25H22N4O/c1-3-17-10-13-23-19(14-17)22(15-24(30-23)18-11-8-16(2)9-12-18)28-29-25-26-20-6-4-5-7-21(20)27-25/h4-15H,3H2,1-2H3,(H2,26,27,29)/b28-22+. The lowest BCUT2D eigenvalue weighted by Crippen LogP contribution is -2.08. The van der Waals surface area contributed by atoms with Crippen molar-refractivity contribution in [2.45, 2.75) is 20.3 Å². The second-order valence-electron chi connectivity index (χ2n) is 7.37. The molecule has 2 N–H and O–H groups in total. The van der Waals surface area contributed by atoms with Crippen LogP contribution in [0.4, 0.5) is 5.95 Å². The Morgan fingerprint density at radius 2 is 1.83 bits per heavy atom. The first-order valence-corrected chi connectivity index (χ1v) is 10.1. The van der Waals surface area contributed by atoms with Gasteiger partial charge in [0, 0.05) is 17.0 Å². The summed E-state index contributed by atoms with van der Waals surface area (Å²) < 4.78 is 6.22. The average molecular weight is 394 g/mol. The Labute approximate surface area is 174 Å². The van der Waals surface area contributed by atoms with Gasteiger partial charge in [-0.3, -0.25) is 0 Å². The van der Waals surface area contributed by atoms with Crippen LogP contribution in [0.3, 0.4) is 0 Å². The third-order valence-electron chi connectivity index (χ3n) is 5.22. The Morgan fingerprint density at radius 3 is 2.63 bits per heavy atom. The molecular formula is C25H22N4O. The number of hydrogen-bond donors (Lipinski definition) is 2. The Balaban J connectivity index is 1.65. The van der Waals surface area contributed by atoms with Crippen LogP contribution in [0.5, 0.6) is 0 Å². The van der Waals surface area contributed by atoms with Gasteiger partial charge in [-0.15, -0.1) is 0 Å². The van der Waals surface area contributed by atoms with Crippen molar-refractivity contribution in [2.24, 2.45) is 5.10 Å². The van der Waals surface area contributed by atoms with E-state index in [0.29, 0.717) is 5.95 Å². The minimum Gasteiger partial charge on any atom is -0.456 e. The van der Waals surface area contributed by atoms with Crippen LogP contribution >= 0.6 is 0 Å². The van der Waals surface area contributed by atoms with Crippen LogP contribution < -0.4 is 10.8 Å². The number of nitrogens with zero attached hydrogens (tertiary/aromatic N) is 2. The summed E-state index contributed by atoms with van der Waals surface area (Å²) in [5.74, 6) is 1.38. The molecule has 30 heavy (non-hydrogen) atoms. The number of aromatic nitrogens is 2. The van der Waals surface area contributed by atoms with E-state index in [4.69, 9.17) is 4.42 Å². The smallest absolute Gasteiger partial charge is 0.222 e. The number of aryl methyl sites for hydroxylation is 2. The van der Waals surface area contributed by atoms with Crippen LogP contribution in [-0.4, -0.2) is 9.97 Å². The highest BCUT2D eigenvalue weighted by molar-refractivity contribution is 5.80. The van der Waals surface area contributed by atoms with E-state index in [1.165, 1.54) is 11.1 Å². The van der Waals surface area contributed by atoms with Gasteiger partial charge < -0.3 is 9.40 Å². The maximum atomic E-state index is 6.22. The molecule has 5 nitrogen and oxygen atoms in total. The lowest BCUT2D eigenvalue weighted by molar-refractivity contribution is 0.618.